The molecular weight excluding hydrogens is 479 g/mol. The van der Waals surface area contributed by atoms with Crippen molar-refractivity contribution in [1.29, 1.82) is 0 Å². The van der Waals surface area contributed by atoms with Gasteiger partial charge in [-0.05, 0) is 48.5 Å². The molecule has 176 valence electrons. The fraction of sp³-hybridized carbons (Fsp3) is 0.143. The average molecular weight is 494 g/mol. The predicted molar refractivity (Wildman–Crippen MR) is 117 cm³/mol. The van der Waals surface area contributed by atoms with Gasteiger partial charge in [0.25, 0.3) is 5.56 Å². The van der Waals surface area contributed by atoms with E-state index in [0.717, 1.165) is 12.1 Å². The van der Waals surface area contributed by atoms with Gasteiger partial charge in [0.2, 0.25) is 17.8 Å². The lowest BCUT2D eigenvalue weighted by atomic mass is 9.92. The monoisotopic (exact) mass is 493 g/mol. The molecular formula is C21H15ClF3N5O4. The van der Waals surface area contributed by atoms with E-state index in [1.54, 1.807) is 24.3 Å². The van der Waals surface area contributed by atoms with Crippen molar-refractivity contribution in [3.63, 3.8) is 0 Å². The molecule has 0 bridgehead atoms. The van der Waals surface area contributed by atoms with Gasteiger partial charge in [0, 0.05) is 22.8 Å². The molecule has 4 rings (SSSR count). The van der Waals surface area contributed by atoms with Crippen molar-refractivity contribution < 1.29 is 27.5 Å². The smallest absolute Gasteiger partial charge is 0.406 e. The van der Waals surface area contributed by atoms with Gasteiger partial charge in [-0.25, -0.2) is 0 Å². The van der Waals surface area contributed by atoms with Crippen molar-refractivity contribution in [2.45, 2.75) is 18.7 Å². The van der Waals surface area contributed by atoms with E-state index in [2.05, 4.69) is 30.7 Å². The number of aromatic nitrogens is 2. The van der Waals surface area contributed by atoms with E-state index in [4.69, 9.17) is 11.6 Å². The summed E-state index contributed by atoms with van der Waals surface area (Å²) in [6.45, 7) is 0. The number of fused-ring (bicyclic) bond motifs is 1. The van der Waals surface area contributed by atoms with Crippen LogP contribution in [0.1, 0.15) is 17.9 Å². The SMILES string of the molecule is O=C1CC(C(=O)Nc2ccc(OC(F)(F)F)cc2)c2c(nc(Nc3ccc(Cl)cc3)[nH]c2=O)N1. The first-order valence-corrected chi connectivity index (χ1v) is 10.1. The van der Waals surface area contributed by atoms with E-state index in [1.807, 2.05) is 0 Å². The average Bonchev–Trinajstić information content (AvgIpc) is 2.75. The number of halogens is 4. The summed E-state index contributed by atoms with van der Waals surface area (Å²) < 4.78 is 40.7. The lowest BCUT2D eigenvalue weighted by molar-refractivity contribution is -0.274. The number of anilines is 4. The summed E-state index contributed by atoms with van der Waals surface area (Å²) in [7, 11) is 0. The number of hydrogen-bond acceptors (Lipinski definition) is 6. The molecule has 1 atom stereocenters. The third-order valence-corrected chi connectivity index (χ3v) is 4.98. The van der Waals surface area contributed by atoms with E-state index in [9.17, 15) is 27.6 Å². The molecule has 9 nitrogen and oxygen atoms in total. The molecule has 0 fully saturated rings. The number of amides is 2. The van der Waals surface area contributed by atoms with Crippen molar-refractivity contribution in [2.24, 2.45) is 0 Å². The van der Waals surface area contributed by atoms with Crippen LogP contribution in [0, 0.1) is 0 Å². The van der Waals surface area contributed by atoms with Crippen LogP contribution >= 0.6 is 11.6 Å². The maximum atomic E-state index is 12.8. The Hall–Kier alpha value is -4.06. The second kappa shape index (κ2) is 9.06. The largest absolute Gasteiger partial charge is 0.573 e. The number of nitrogens with one attached hydrogen (secondary N) is 4. The zero-order valence-corrected chi connectivity index (χ0v) is 17.8. The van der Waals surface area contributed by atoms with Gasteiger partial charge in [-0.1, -0.05) is 11.6 Å². The fourth-order valence-electron chi connectivity index (χ4n) is 3.29. The van der Waals surface area contributed by atoms with Crippen molar-refractivity contribution in [2.75, 3.05) is 16.0 Å². The Morgan fingerprint density at radius 2 is 1.71 bits per heavy atom. The quantitative estimate of drug-likeness (QED) is 0.423. The number of alkyl halides is 3. The van der Waals surface area contributed by atoms with E-state index < -0.39 is 35.4 Å². The minimum Gasteiger partial charge on any atom is -0.406 e. The van der Waals surface area contributed by atoms with Gasteiger partial charge < -0.3 is 20.7 Å². The highest BCUT2D eigenvalue weighted by Crippen LogP contribution is 2.31. The molecule has 1 aliphatic heterocycles. The summed E-state index contributed by atoms with van der Waals surface area (Å²) in [5, 5.41) is 8.35. The minimum atomic E-state index is -4.85. The molecule has 0 aliphatic carbocycles. The Bertz CT molecular complexity index is 1290. The van der Waals surface area contributed by atoms with Crippen molar-refractivity contribution >= 4 is 46.6 Å². The van der Waals surface area contributed by atoms with Gasteiger partial charge in [-0.2, -0.15) is 4.98 Å². The number of benzene rings is 2. The van der Waals surface area contributed by atoms with Crippen LogP contribution in [0.4, 0.5) is 36.3 Å². The van der Waals surface area contributed by atoms with Crippen LogP contribution in [0.15, 0.2) is 53.3 Å². The van der Waals surface area contributed by atoms with Crippen LogP contribution in [0.3, 0.4) is 0 Å². The Balaban J connectivity index is 1.55. The fourth-order valence-corrected chi connectivity index (χ4v) is 3.42. The normalized spacial score (nSPS) is 15.2. The first-order valence-electron chi connectivity index (χ1n) is 9.71. The summed E-state index contributed by atoms with van der Waals surface area (Å²) in [6.07, 6.45) is -5.16. The van der Waals surface area contributed by atoms with E-state index in [-0.39, 0.29) is 29.4 Å². The molecule has 1 aliphatic rings. The summed E-state index contributed by atoms with van der Waals surface area (Å²) in [6, 6.07) is 11.0. The molecule has 1 unspecified atom stereocenters. The van der Waals surface area contributed by atoms with Crippen LogP contribution in [-0.2, 0) is 9.59 Å². The predicted octanol–water partition coefficient (Wildman–Crippen LogP) is 4.13. The summed E-state index contributed by atoms with van der Waals surface area (Å²) in [5.41, 5.74) is 0.0330. The van der Waals surface area contributed by atoms with Gasteiger partial charge in [0.05, 0.1) is 11.5 Å². The van der Waals surface area contributed by atoms with Gasteiger partial charge in [0.15, 0.2) is 0 Å². The highest BCUT2D eigenvalue weighted by atomic mass is 35.5. The standard InChI is InChI=1S/C21H15ClF3N5O4/c22-10-1-3-12(4-2-10)27-20-29-17-16(19(33)30-20)14(9-15(31)28-17)18(32)26-11-5-7-13(8-6-11)34-21(23,24)25/h1-8,14H,9H2,(H,26,32)(H3,27,28,29,30,31,33). The minimum absolute atomic E-state index is 0.0349. The summed E-state index contributed by atoms with van der Waals surface area (Å²) >= 11 is 5.85. The number of aromatic amines is 1. The van der Waals surface area contributed by atoms with Crippen LogP contribution in [0.2, 0.25) is 5.02 Å². The van der Waals surface area contributed by atoms with Gasteiger partial charge >= 0.3 is 6.36 Å². The molecule has 2 heterocycles. The third-order valence-electron chi connectivity index (χ3n) is 4.73. The van der Waals surface area contributed by atoms with Gasteiger partial charge in [-0.3, -0.25) is 19.4 Å². The second-order valence-electron chi connectivity index (χ2n) is 7.18. The maximum Gasteiger partial charge on any atom is 0.573 e. The molecule has 0 saturated carbocycles. The number of rotatable bonds is 5. The van der Waals surface area contributed by atoms with Crippen LogP contribution in [0.5, 0.6) is 5.75 Å². The lowest BCUT2D eigenvalue weighted by Crippen LogP contribution is -2.36. The Labute approximate surface area is 194 Å². The maximum absolute atomic E-state index is 12.8. The Kier molecular flexibility index (Phi) is 6.16. The van der Waals surface area contributed by atoms with E-state index in [1.165, 1.54) is 12.1 Å². The second-order valence-corrected chi connectivity index (χ2v) is 7.61. The molecule has 4 N–H and O–H groups in total. The zero-order chi connectivity index (χ0) is 24.5. The molecule has 2 amide bonds. The van der Waals surface area contributed by atoms with Crippen molar-refractivity contribution in [3.8, 4) is 5.75 Å². The Morgan fingerprint density at radius 3 is 2.35 bits per heavy atom. The van der Waals surface area contributed by atoms with E-state index >= 15 is 0 Å². The summed E-state index contributed by atoms with van der Waals surface area (Å²) in [4.78, 5) is 44.5. The third kappa shape index (κ3) is 5.46. The number of ether oxygens (including phenoxy) is 1. The van der Waals surface area contributed by atoms with Gasteiger partial charge in [-0.15, -0.1) is 13.2 Å². The summed E-state index contributed by atoms with van der Waals surface area (Å²) in [5.74, 6) is -2.91. The molecule has 0 radical (unpaired) electrons. The molecule has 1 aromatic heterocycles. The van der Waals surface area contributed by atoms with Crippen LogP contribution < -0.4 is 26.2 Å². The first-order chi connectivity index (χ1) is 16.1. The number of carbonyl (C=O) groups is 2. The molecule has 3 aromatic rings. The van der Waals surface area contributed by atoms with Crippen LogP contribution in [0.25, 0.3) is 0 Å². The first kappa shape index (κ1) is 23.1. The van der Waals surface area contributed by atoms with Crippen LogP contribution in [-0.4, -0.2) is 28.1 Å². The molecule has 0 spiro atoms. The highest BCUT2D eigenvalue weighted by Gasteiger charge is 2.35. The topological polar surface area (TPSA) is 125 Å². The van der Waals surface area contributed by atoms with Crippen molar-refractivity contribution in [3.05, 3.63) is 69.5 Å². The zero-order valence-electron chi connectivity index (χ0n) is 17.0. The Morgan fingerprint density at radius 1 is 1.06 bits per heavy atom. The molecule has 2 aromatic carbocycles. The highest BCUT2D eigenvalue weighted by molar-refractivity contribution is 6.30. The molecule has 13 heteroatoms. The van der Waals surface area contributed by atoms with E-state index in [0.29, 0.717) is 10.7 Å². The number of hydrogen-bond donors (Lipinski definition) is 4. The number of carbonyl (C=O) groups excluding carboxylic acids is 2. The molecule has 34 heavy (non-hydrogen) atoms. The molecule has 0 saturated heterocycles. The van der Waals surface area contributed by atoms with Gasteiger partial charge in [0.1, 0.15) is 11.6 Å². The lowest BCUT2D eigenvalue weighted by Gasteiger charge is -2.23. The van der Waals surface area contributed by atoms with Crippen molar-refractivity contribution in [1.82, 2.24) is 9.97 Å². The number of H-pyrrole nitrogens is 1. The number of nitrogens with zero attached hydrogens (tertiary/aromatic N) is 1.